The number of ketones is 1. The fraction of sp³-hybridized carbons (Fsp3) is 0.318. The van der Waals surface area contributed by atoms with E-state index in [2.05, 4.69) is 25.8 Å². The average Bonchev–Trinajstić information content (AvgIpc) is 3.29. The van der Waals surface area contributed by atoms with Gasteiger partial charge < -0.3 is 19.3 Å². The number of rotatable bonds is 6. The van der Waals surface area contributed by atoms with Crippen molar-refractivity contribution >= 4 is 28.6 Å². The average molecular weight is 425 g/mol. The number of hydrogen-bond donors (Lipinski definition) is 0. The minimum atomic E-state index is 0.0697. The highest BCUT2D eigenvalue weighted by Gasteiger charge is 2.23. The molecule has 0 unspecified atom stereocenters. The Hall–Kier alpha value is -3.13. The molecular weight excluding hydrogens is 400 g/mol. The Morgan fingerprint density at radius 3 is 2.30 bits per heavy atom. The van der Waals surface area contributed by atoms with Gasteiger partial charge in [-0.05, 0) is 31.2 Å². The number of anilines is 2. The standard InChI is InChI=1S/C22H24N4O3S/c1-15(27)19-6-7-20(30-19)21-22(24-9-8-23-21)26-12-10-25(11-13-26)16-4-5-17(28-2)18(14-16)29-3/h4-9,14H,10-13H2,1-3H3. The Morgan fingerprint density at radius 2 is 1.63 bits per heavy atom. The third-order valence-corrected chi connectivity index (χ3v) is 6.37. The van der Waals surface area contributed by atoms with Crippen molar-refractivity contribution < 1.29 is 14.3 Å². The molecule has 0 aliphatic carbocycles. The van der Waals surface area contributed by atoms with Crippen molar-refractivity contribution in [3.05, 3.63) is 47.6 Å². The first-order valence-electron chi connectivity index (χ1n) is 9.74. The lowest BCUT2D eigenvalue weighted by molar-refractivity contribution is 0.102. The largest absolute Gasteiger partial charge is 0.493 e. The molecule has 0 spiro atoms. The van der Waals surface area contributed by atoms with Crippen LogP contribution in [0.5, 0.6) is 11.5 Å². The summed E-state index contributed by atoms with van der Waals surface area (Å²) in [6, 6.07) is 9.81. The molecule has 30 heavy (non-hydrogen) atoms. The minimum Gasteiger partial charge on any atom is -0.493 e. The molecule has 0 N–H and O–H groups in total. The summed E-state index contributed by atoms with van der Waals surface area (Å²) in [5.74, 6) is 2.39. The molecule has 156 valence electrons. The van der Waals surface area contributed by atoms with E-state index in [1.165, 1.54) is 11.3 Å². The topological polar surface area (TPSA) is 67.8 Å². The number of ether oxygens (including phenoxy) is 2. The summed E-state index contributed by atoms with van der Waals surface area (Å²) < 4.78 is 10.8. The maximum absolute atomic E-state index is 11.7. The molecule has 4 rings (SSSR count). The zero-order valence-corrected chi connectivity index (χ0v) is 18.1. The van der Waals surface area contributed by atoms with Crippen molar-refractivity contribution in [3.63, 3.8) is 0 Å². The van der Waals surface area contributed by atoms with Gasteiger partial charge in [-0.3, -0.25) is 4.79 Å². The van der Waals surface area contributed by atoms with E-state index >= 15 is 0 Å². The molecule has 8 heteroatoms. The SMILES string of the molecule is COc1ccc(N2CCN(c3nccnc3-c3ccc(C(C)=O)s3)CC2)cc1OC. The van der Waals surface area contributed by atoms with Crippen molar-refractivity contribution in [2.75, 3.05) is 50.2 Å². The maximum Gasteiger partial charge on any atom is 0.169 e. The second kappa shape index (κ2) is 8.71. The molecule has 3 aromatic rings. The lowest BCUT2D eigenvalue weighted by Crippen LogP contribution is -2.47. The van der Waals surface area contributed by atoms with Gasteiger partial charge in [-0.25, -0.2) is 9.97 Å². The summed E-state index contributed by atoms with van der Waals surface area (Å²) in [5, 5.41) is 0. The van der Waals surface area contributed by atoms with Gasteiger partial charge in [0.25, 0.3) is 0 Å². The molecule has 1 saturated heterocycles. The molecule has 3 heterocycles. The van der Waals surface area contributed by atoms with Gasteiger partial charge >= 0.3 is 0 Å². The van der Waals surface area contributed by atoms with Crippen molar-refractivity contribution in [1.29, 1.82) is 0 Å². The summed E-state index contributed by atoms with van der Waals surface area (Å²) in [6.07, 6.45) is 3.42. The van der Waals surface area contributed by atoms with E-state index in [1.54, 1.807) is 33.5 Å². The van der Waals surface area contributed by atoms with E-state index in [-0.39, 0.29) is 5.78 Å². The zero-order chi connectivity index (χ0) is 21.1. The smallest absolute Gasteiger partial charge is 0.169 e. The quantitative estimate of drug-likeness (QED) is 0.558. The van der Waals surface area contributed by atoms with Crippen LogP contribution in [0.1, 0.15) is 16.6 Å². The Balaban J connectivity index is 1.52. The van der Waals surface area contributed by atoms with Gasteiger partial charge in [0, 0.05) is 50.3 Å². The first-order valence-corrected chi connectivity index (χ1v) is 10.6. The summed E-state index contributed by atoms with van der Waals surface area (Å²) in [4.78, 5) is 27.1. The summed E-state index contributed by atoms with van der Waals surface area (Å²) in [7, 11) is 3.29. The zero-order valence-electron chi connectivity index (χ0n) is 17.3. The van der Waals surface area contributed by atoms with E-state index < -0.39 is 0 Å². The Labute approximate surface area is 179 Å². The van der Waals surface area contributed by atoms with Crippen LogP contribution in [0.4, 0.5) is 11.5 Å². The normalized spacial score (nSPS) is 14.0. The van der Waals surface area contributed by atoms with E-state index in [0.717, 1.165) is 64.6 Å². The van der Waals surface area contributed by atoms with Gasteiger partial charge in [-0.15, -0.1) is 11.3 Å². The van der Waals surface area contributed by atoms with Gasteiger partial charge in [-0.2, -0.15) is 0 Å². The second-order valence-electron chi connectivity index (χ2n) is 6.96. The number of Topliss-reactive ketones (excluding diaryl/α,β-unsaturated/α-hetero) is 1. The highest BCUT2D eigenvalue weighted by Crippen LogP contribution is 2.35. The lowest BCUT2D eigenvalue weighted by atomic mass is 10.2. The Bertz CT molecular complexity index is 1040. The van der Waals surface area contributed by atoms with Gasteiger partial charge in [0.2, 0.25) is 0 Å². The minimum absolute atomic E-state index is 0.0697. The fourth-order valence-corrected chi connectivity index (χ4v) is 4.48. The molecule has 1 aromatic carbocycles. The number of benzene rings is 1. The van der Waals surface area contributed by atoms with Crippen LogP contribution in [0.15, 0.2) is 42.7 Å². The van der Waals surface area contributed by atoms with Crippen LogP contribution in [0, 0.1) is 0 Å². The van der Waals surface area contributed by atoms with Crippen LogP contribution in [-0.2, 0) is 0 Å². The van der Waals surface area contributed by atoms with Crippen molar-refractivity contribution in [1.82, 2.24) is 9.97 Å². The van der Waals surface area contributed by atoms with E-state index in [4.69, 9.17) is 9.47 Å². The molecule has 0 atom stereocenters. The summed E-state index contributed by atoms with van der Waals surface area (Å²) in [5.41, 5.74) is 1.94. The monoisotopic (exact) mass is 424 g/mol. The third kappa shape index (κ3) is 3.95. The van der Waals surface area contributed by atoms with Gasteiger partial charge in [-0.1, -0.05) is 0 Å². The van der Waals surface area contributed by atoms with Crippen LogP contribution in [0.25, 0.3) is 10.6 Å². The molecular formula is C22H24N4O3S. The molecule has 2 aromatic heterocycles. The van der Waals surface area contributed by atoms with Crippen LogP contribution >= 0.6 is 11.3 Å². The number of carbonyl (C=O) groups excluding carboxylic acids is 1. The maximum atomic E-state index is 11.7. The predicted molar refractivity (Wildman–Crippen MR) is 119 cm³/mol. The Kier molecular flexibility index (Phi) is 5.85. The number of aromatic nitrogens is 2. The summed E-state index contributed by atoms with van der Waals surface area (Å²) in [6.45, 7) is 4.94. The second-order valence-corrected chi connectivity index (χ2v) is 8.05. The Morgan fingerprint density at radius 1 is 0.933 bits per heavy atom. The number of methoxy groups -OCH3 is 2. The van der Waals surface area contributed by atoms with E-state index in [1.807, 2.05) is 24.3 Å². The molecule has 0 saturated carbocycles. The molecule has 0 bridgehead atoms. The van der Waals surface area contributed by atoms with Gasteiger partial charge in [0.1, 0.15) is 5.69 Å². The molecule has 0 amide bonds. The lowest BCUT2D eigenvalue weighted by Gasteiger charge is -2.37. The molecule has 1 aliphatic heterocycles. The highest BCUT2D eigenvalue weighted by molar-refractivity contribution is 7.17. The van der Waals surface area contributed by atoms with E-state index in [0.29, 0.717) is 0 Å². The molecule has 1 fully saturated rings. The van der Waals surface area contributed by atoms with E-state index in [9.17, 15) is 4.79 Å². The molecule has 1 aliphatic rings. The number of thiophene rings is 1. The third-order valence-electron chi connectivity index (χ3n) is 5.18. The number of hydrogen-bond acceptors (Lipinski definition) is 8. The van der Waals surface area contributed by atoms with Gasteiger partial charge in [0.05, 0.1) is 24.0 Å². The van der Waals surface area contributed by atoms with Crippen LogP contribution in [0.3, 0.4) is 0 Å². The number of carbonyl (C=O) groups is 1. The highest BCUT2D eigenvalue weighted by atomic mass is 32.1. The predicted octanol–water partition coefficient (Wildman–Crippen LogP) is 3.75. The van der Waals surface area contributed by atoms with Crippen molar-refractivity contribution in [2.24, 2.45) is 0 Å². The first-order chi connectivity index (χ1) is 14.6. The van der Waals surface area contributed by atoms with Crippen molar-refractivity contribution in [2.45, 2.75) is 6.92 Å². The first kappa shape index (κ1) is 20.2. The number of nitrogens with zero attached hydrogens (tertiary/aromatic N) is 4. The van der Waals surface area contributed by atoms with Crippen molar-refractivity contribution in [3.8, 4) is 22.1 Å². The van der Waals surface area contributed by atoms with Crippen LogP contribution < -0.4 is 19.3 Å². The summed E-state index contributed by atoms with van der Waals surface area (Å²) >= 11 is 1.46. The molecule has 0 radical (unpaired) electrons. The fourth-order valence-electron chi connectivity index (χ4n) is 3.59. The number of piperazine rings is 1. The van der Waals surface area contributed by atoms with Crippen LogP contribution in [-0.4, -0.2) is 56.1 Å². The van der Waals surface area contributed by atoms with Crippen LogP contribution in [0.2, 0.25) is 0 Å². The molecule has 7 nitrogen and oxygen atoms in total. The van der Waals surface area contributed by atoms with Gasteiger partial charge in [0.15, 0.2) is 23.1 Å².